The second-order valence-electron chi connectivity index (χ2n) is 16.3. The van der Waals surface area contributed by atoms with Gasteiger partial charge in [-0.1, -0.05) is 6.07 Å². The molecular weight excluding hydrogens is 801 g/mol. The summed E-state index contributed by atoms with van der Waals surface area (Å²) >= 11 is 0. The van der Waals surface area contributed by atoms with E-state index in [0.717, 1.165) is 46.2 Å². The lowest BCUT2D eigenvalue weighted by Crippen LogP contribution is -2.59. The number of hydrogen-bond donors (Lipinski definition) is 1. The highest BCUT2D eigenvalue weighted by atomic mass is 16.5. The molecule has 2 aromatic heterocycles. The number of carbonyl (C=O) groups excluding carboxylic acids is 5. The maximum atomic E-state index is 13.3. The van der Waals surface area contributed by atoms with Gasteiger partial charge in [0.25, 0.3) is 17.4 Å². The van der Waals surface area contributed by atoms with E-state index in [-0.39, 0.29) is 79.1 Å². The zero-order valence-electron chi connectivity index (χ0n) is 35.3. The van der Waals surface area contributed by atoms with Gasteiger partial charge in [0.2, 0.25) is 17.7 Å². The molecule has 0 aliphatic carbocycles. The summed E-state index contributed by atoms with van der Waals surface area (Å²) in [5.74, 6) is -0.811. The Kier molecular flexibility index (Phi) is 12.1. The number of fused-ring (bicyclic) bond motifs is 2. The lowest BCUT2D eigenvalue weighted by atomic mass is 9.80. The average Bonchev–Trinajstić information content (AvgIpc) is 3.51. The lowest BCUT2D eigenvalue weighted by Gasteiger charge is -2.52. The Hall–Kier alpha value is -6.17. The van der Waals surface area contributed by atoms with E-state index in [0.29, 0.717) is 43.1 Å². The third-order valence-electron chi connectivity index (χ3n) is 12.3. The molecule has 8 rings (SSSR count). The van der Waals surface area contributed by atoms with Crippen molar-refractivity contribution in [1.29, 1.82) is 0 Å². The van der Waals surface area contributed by atoms with E-state index in [2.05, 4.69) is 15.2 Å². The second-order valence-corrected chi connectivity index (χ2v) is 16.3. The second kappa shape index (κ2) is 17.7. The number of nitrogens with one attached hydrogen (secondary N) is 1. The minimum atomic E-state index is -1.06. The van der Waals surface area contributed by atoms with Crippen LogP contribution in [0.15, 0.2) is 59.8 Å². The summed E-state index contributed by atoms with van der Waals surface area (Å²) in [7, 11) is 7.04. The predicted octanol–water partition coefficient (Wildman–Crippen LogP) is 3.09. The monoisotopic (exact) mass is 850 g/mol. The highest BCUT2D eigenvalue weighted by Crippen LogP contribution is 2.43. The number of aromatic nitrogens is 2. The van der Waals surface area contributed by atoms with Gasteiger partial charge in [0.05, 0.1) is 67.6 Å². The van der Waals surface area contributed by atoms with Gasteiger partial charge in [-0.2, -0.15) is 0 Å². The van der Waals surface area contributed by atoms with Gasteiger partial charge in [-0.05, 0) is 67.6 Å². The van der Waals surface area contributed by atoms with Gasteiger partial charge in [0.15, 0.2) is 0 Å². The molecule has 2 atom stereocenters. The summed E-state index contributed by atoms with van der Waals surface area (Å²) in [6.45, 7) is 2.91. The molecule has 3 fully saturated rings. The number of piperidine rings is 2. The van der Waals surface area contributed by atoms with E-state index in [4.69, 9.17) is 23.7 Å². The Morgan fingerprint density at radius 2 is 1.69 bits per heavy atom. The van der Waals surface area contributed by atoms with E-state index in [9.17, 15) is 28.8 Å². The number of methoxy groups -OCH3 is 2. The van der Waals surface area contributed by atoms with Crippen molar-refractivity contribution in [1.82, 2.24) is 29.6 Å². The third-order valence-corrected chi connectivity index (χ3v) is 12.3. The molecule has 0 bridgehead atoms. The van der Waals surface area contributed by atoms with Crippen molar-refractivity contribution in [2.45, 2.75) is 62.8 Å². The first-order valence-corrected chi connectivity index (χ1v) is 20.8. The van der Waals surface area contributed by atoms with Gasteiger partial charge >= 0.3 is 0 Å². The Bertz CT molecular complexity index is 2460. The van der Waals surface area contributed by atoms with E-state index in [1.165, 1.54) is 6.07 Å². The Morgan fingerprint density at radius 3 is 2.40 bits per heavy atom. The number of rotatable bonds is 15. The number of ether oxygens (including phenoxy) is 5. The van der Waals surface area contributed by atoms with Crippen LogP contribution in [0.5, 0.6) is 17.2 Å². The molecule has 2 aromatic carbocycles. The topological polar surface area (TPSA) is 188 Å². The molecule has 0 saturated carbocycles. The van der Waals surface area contributed by atoms with Gasteiger partial charge in [-0.3, -0.25) is 48.9 Å². The average molecular weight is 851 g/mol. The molecular formula is C45H50N6O11. The van der Waals surface area contributed by atoms with E-state index < -0.39 is 29.7 Å². The molecule has 4 aliphatic heterocycles. The molecule has 4 aliphatic rings. The number of pyridine rings is 2. The van der Waals surface area contributed by atoms with Crippen LogP contribution in [0, 0.1) is 0 Å². The Balaban J connectivity index is 0.764. The minimum Gasteiger partial charge on any atom is -0.496 e. The predicted molar refractivity (Wildman–Crippen MR) is 224 cm³/mol. The first-order chi connectivity index (χ1) is 29.9. The largest absolute Gasteiger partial charge is 0.496 e. The number of likely N-dealkylation sites (N-methyl/N-ethyl adjacent to an activating group) is 1. The van der Waals surface area contributed by atoms with Crippen LogP contribution in [0.1, 0.15) is 64.8 Å². The van der Waals surface area contributed by atoms with Crippen molar-refractivity contribution in [2.24, 2.45) is 7.05 Å². The number of benzene rings is 2. The van der Waals surface area contributed by atoms with Crippen molar-refractivity contribution >= 4 is 40.3 Å². The van der Waals surface area contributed by atoms with Crippen LogP contribution >= 0.6 is 0 Å². The fourth-order valence-corrected chi connectivity index (χ4v) is 9.10. The Morgan fingerprint density at radius 1 is 0.952 bits per heavy atom. The first-order valence-electron chi connectivity index (χ1n) is 20.8. The standard InChI is InChI=1S/C45H50N6O11/c1-48(25-33-36(58-3)20-27(21-37(33)59-4)32-26-49(2)42(55)31-23-46-14-10-29(31)32)24-28-22-45(62-28)12-15-50(16-13-45)39(53)11-17-60-18-19-61-35-7-5-6-30-40(35)44(57)51(43(30)56)34-8-9-38(52)47-41(34)54/h5-7,10,14,20-21,23,26,28,34H,8-9,11-13,15-19,22,24-25H2,1-4H3,(H,47,52,54). The number of likely N-dealkylation sites (tertiary alicyclic amines) is 1. The maximum Gasteiger partial charge on any atom is 0.266 e. The zero-order chi connectivity index (χ0) is 43.7. The molecule has 5 amide bonds. The molecule has 1 N–H and O–H groups in total. The van der Waals surface area contributed by atoms with E-state index in [1.54, 1.807) is 50.4 Å². The van der Waals surface area contributed by atoms with Crippen LogP contribution in [0.2, 0.25) is 0 Å². The molecule has 17 nitrogen and oxygen atoms in total. The fourth-order valence-electron chi connectivity index (χ4n) is 9.10. The van der Waals surface area contributed by atoms with Gasteiger partial charge in [-0.25, -0.2) is 0 Å². The molecule has 326 valence electrons. The SMILES string of the molecule is COc1cc(-c2cn(C)c(=O)c3cnccc23)cc(OC)c1CN(C)CC1CC2(CCN(C(=O)CCOCCOc3cccc4c3C(=O)N(C3CCC(=O)NC3=O)C4=O)CC2)O1. The van der Waals surface area contributed by atoms with Crippen molar-refractivity contribution in [2.75, 3.05) is 60.7 Å². The van der Waals surface area contributed by atoms with Crippen molar-refractivity contribution in [3.05, 3.63) is 82.0 Å². The molecule has 3 saturated heterocycles. The van der Waals surface area contributed by atoms with Crippen molar-refractivity contribution in [3.63, 3.8) is 0 Å². The summed E-state index contributed by atoms with van der Waals surface area (Å²) in [5, 5.41) is 3.53. The van der Waals surface area contributed by atoms with Gasteiger partial charge in [0.1, 0.15) is 29.9 Å². The van der Waals surface area contributed by atoms with Crippen LogP contribution in [-0.4, -0.2) is 132 Å². The molecule has 17 heteroatoms. The zero-order valence-corrected chi connectivity index (χ0v) is 35.3. The fraction of sp³-hybridized carbons (Fsp3) is 0.444. The van der Waals surface area contributed by atoms with E-state index in [1.807, 2.05) is 36.3 Å². The molecule has 0 radical (unpaired) electrons. The van der Waals surface area contributed by atoms with Crippen LogP contribution < -0.4 is 25.1 Å². The number of nitrogens with zero attached hydrogens (tertiary/aromatic N) is 5. The number of carbonyl (C=O) groups is 5. The first kappa shape index (κ1) is 42.5. The van der Waals surface area contributed by atoms with Crippen LogP contribution in [0.4, 0.5) is 0 Å². The smallest absolute Gasteiger partial charge is 0.266 e. The summed E-state index contributed by atoms with van der Waals surface area (Å²) in [6.07, 6.45) is 7.88. The summed E-state index contributed by atoms with van der Waals surface area (Å²) < 4.78 is 31.4. The molecule has 2 unspecified atom stereocenters. The molecule has 6 heterocycles. The highest BCUT2D eigenvalue weighted by molar-refractivity contribution is 6.24. The quantitative estimate of drug-likeness (QED) is 0.136. The van der Waals surface area contributed by atoms with Crippen LogP contribution in [0.25, 0.3) is 21.9 Å². The normalized spacial score (nSPS) is 19.5. The Labute approximate surface area is 357 Å². The molecule has 1 spiro atoms. The maximum absolute atomic E-state index is 13.3. The van der Waals surface area contributed by atoms with Crippen molar-refractivity contribution in [3.8, 4) is 28.4 Å². The van der Waals surface area contributed by atoms with Crippen LogP contribution in [-0.2, 0) is 37.4 Å². The third kappa shape index (κ3) is 8.26. The summed E-state index contributed by atoms with van der Waals surface area (Å²) in [6, 6.07) is 9.41. The number of hydrogen-bond acceptors (Lipinski definition) is 13. The van der Waals surface area contributed by atoms with E-state index >= 15 is 0 Å². The minimum absolute atomic E-state index is 0.00493. The van der Waals surface area contributed by atoms with Gasteiger partial charge in [-0.15, -0.1) is 0 Å². The lowest BCUT2D eigenvalue weighted by molar-refractivity contribution is -0.228. The highest BCUT2D eigenvalue weighted by Gasteiger charge is 2.48. The summed E-state index contributed by atoms with van der Waals surface area (Å²) in [4.78, 5) is 85.3. The van der Waals surface area contributed by atoms with Crippen LogP contribution in [0.3, 0.4) is 0 Å². The summed E-state index contributed by atoms with van der Waals surface area (Å²) in [5.41, 5.74) is 2.50. The molecule has 4 aromatic rings. The number of imide groups is 2. The van der Waals surface area contributed by atoms with Gasteiger partial charge in [0, 0.05) is 70.2 Å². The molecule has 62 heavy (non-hydrogen) atoms. The van der Waals surface area contributed by atoms with Crippen molar-refractivity contribution < 1.29 is 47.7 Å². The number of aryl methyl sites for hydroxylation is 1. The van der Waals surface area contributed by atoms with Gasteiger partial charge < -0.3 is 33.2 Å². The number of amides is 5.